The van der Waals surface area contributed by atoms with Gasteiger partial charge in [-0.25, -0.2) is 29.9 Å². The Morgan fingerprint density at radius 2 is 1.94 bits per heavy atom. The average Bonchev–Trinajstić information content (AvgIpc) is 3.73. The lowest BCUT2D eigenvalue weighted by molar-refractivity contribution is 0.526. The Balaban J connectivity index is 1.54. The Morgan fingerprint density at radius 1 is 1.11 bits per heavy atom. The van der Waals surface area contributed by atoms with Crippen LogP contribution in [0.4, 0.5) is 5.82 Å². The Bertz CT molecular complexity index is 1450. The number of anilines is 1. The summed E-state index contributed by atoms with van der Waals surface area (Å²) in [6.07, 6.45) is 8.17. The predicted molar refractivity (Wildman–Crippen MR) is 142 cm³/mol. The molecular weight excluding hydrogens is 472 g/mol. The van der Waals surface area contributed by atoms with Gasteiger partial charge in [-0.15, -0.1) is 11.8 Å². The van der Waals surface area contributed by atoms with Gasteiger partial charge in [0.05, 0.1) is 28.3 Å². The van der Waals surface area contributed by atoms with Gasteiger partial charge in [-0.1, -0.05) is 19.9 Å². The molecule has 186 valence electrons. The number of thioether (sulfide) groups is 1. The maximum Gasteiger partial charge on any atom is 0.295 e. The first-order valence-corrected chi connectivity index (χ1v) is 13.4. The summed E-state index contributed by atoms with van der Waals surface area (Å²) in [5, 5.41) is 4.19. The van der Waals surface area contributed by atoms with Gasteiger partial charge in [0, 0.05) is 30.3 Å². The van der Waals surface area contributed by atoms with Crippen molar-refractivity contribution in [3.63, 3.8) is 0 Å². The van der Waals surface area contributed by atoms with Crippen LogP contribution in [0.25, 0.3) is 22.6 Å². The van der Waals surface area contributed by atoms with Gasteiger partial charge in [-0.2, -0.15) is 0 Å². The van der Waals surface area contributed by atoms with Crippen LogP contribution in [0.15, 0.2) is 40.7 Å². The number of hydrogen-bond acceptors (Lipinski definition) is 9. The summed E-state index contributed by atoms with van der Waals surface area (Å²) in [5.41, 5.74) is 5.13. The van der Waals surface area contributed by atoms with Crippen molar-refractivity contribution in [2.24, 2.45) is 0 Å². The van der Waals surface area contributed by atoms with Gasteiger partial charge in [-0.3, -0.25) is 9.36 Å². The minimum absolute atomic E-state index is 0.0730. The molecule has 36 heavy (non-hydrogen) atoms. The van der Waals surface area contributed by atoms with Crippen LogP contribution in [0.1, 0.15) is 68.9 Å². The van der Waals surface area contributed by atoms with Crippen molar-refractivity contribution in [1.82, 2.24) is 34.5 Å². The highest BCUT2D eigenvalue weighted by Crippen LogP contribution is 2.43. The molecule has 0 spiro atoms. The Labute approximate surface area is 214 Å². The molecule has 0 aromatic carbocycles. The number of nitrogens with one attached hydrogen (secondary N) is 1. The van der Waals surface area contributed by atoms with E-state index in [4.69, 9.17) is 4.98 Å². The van der Waals surface area contributed by atoms with Gasteiger partial charge in [-0.05, 0) is 50.5 Å². The summed E-state index contributed by atoms with van der Waals surface area (Å²) in [6.45, 7) is 8.57. The Kier molecular flexibility index (Phi) is 6.95. The van der Waals surface area contributed by atoms with Crippen molar-refractivity contribution < 1.29 is 0 Å². The van der Waals surface area contributed by atoms with Crippen molar-refractivity contribution in [2.75, 3.05) is 11.1 Å². The van der Waals surface area contributed by atoms with Crippen LogP contribution in [-0.2, 0) is 6.54 Å². The van der Waals surface area contributed by atoms with Crippen molar-refractivity contribution >= 4 is 28.9 Å². The molecule has 4 heterocycles. The van der Waals surface area contributed by atoms with Gasteiger partial charge < -0.3 is 5.32 Å². The number of rotatable bonds is 9. The first-order chi connectivity index (χ1) is 17.5. The van der Waals surface area contributed by atoms with Gasteiger partial charge in [0.1, 0.15) is 6.33 Å². The Morgan fingerprint density at radius 3 is 2.64 bits per heavy atom. The van der Waals surface area contributed by atoms with E-state index in [1.807, 2.05) is 32.2 Å². The SMILES string of the molecule is CCSc1ccc(CNc2nc3ncc(-c4c(C)ncnc4C4CC4)nc3n([C@@H](C)CC)c2=O)cn1. The van der Waals surface area contributed by atoms with Crippen LogP contribution >= 0.6 is 11.8 Å². The summed E-state index contributed by atoms with van der Waals surface area (Å²) < 4.78 is 1.70. The van der Waals surface area contributed by atoms with E-state index in [-0.39, 0.29) is 17.4 Å². The van der Waals surface area contributed by atoms with E-state index in [9.17, 15) is 4.79 Å². The molecule has 5 rings (SSSR count). The first-order valence-electron chi connectivity index (χ1n) is 12.4. The smallest absolute Gasteiger partial charge is 0.295 e. The first kappa shape index (κ1) is 24.3. The molecule has 4 aromatic rings. The second kappa shape index (κ2) is 10.3. The van der Waals surface area contributed by atoms with E-state index < -0.39 is 0 Å². The number of aryl methyl sites for hydroxylation is 1. The lowest BCUT2D eigenvalue weighted by Gasteiger charge is -2.18. The van der Waals surface area contributed by atoms with Crippen molar-refractivity contribution in [1.29, 1.82) is 0 Å². The van der Waals surface area contributed by atoms with Gasteiger partial charge in [0.25, 0.3) is 5.56 Å². The molecule has 4 aromatic heterocycles. The largest absolute Gasteiger partial charge is 0.361 e. The fraction of sp³-hybridized carbons (Fsp3) is 0.423. The summed E-state index contributed by atoms with van der Waals surface area (Å²) >= 11 is 1.70. The molecule has 1 aliphatic carbocycles. The summed E-state index contributed by atoms with van der Waals surface area (Å²) in [4.78, 5) is 41.1. The fourth-order valence-electron chi connectivity index (χ4n) is 4.21. The minimum Gasteiger partial charge on any atom is -0.361 e. The zero-order valence-corrected chi connectivity index (χ0v) is 21.8. The van der Waals surface area contributed by atoms with Crippen molar-refractivity contribution in [2.45, 2.75) is 70.5 Å². The molecule has 1 atom stereocenters. The van der Waals surface area contributed by atoms with Crippen LogP contribution in [-0.4, -0.2) is 40.2 Å². The minimum atomic E-state index is -0.210. The maximum atomic E-state index is 13.6. The van der Waals surface area contributed by atoms with E-state index in [2.05, 4.69) is 44.1 Å². The maximum absolute atomic E-state index is 13.6. The molecule has 0 unspecified atom stereocenters. The van der Waals surface area contributed by atoms with Crippen LogP contribution in [0.3, 0.4) is 0 Å². The second-order valence-corrected chi connectivity index (χ2v) is 10.4. The third-order valence-corrected chi connectivity index (χ3v) is 7.30. The molecule has 1 fully saturated rings. The highest BCUT2D eigenvalue weighted by molar-refractivity contribution is 7.99. The molecule has 1 saturated carbocycles. The molecule has 0 amide bonds. The number of nitrogens with zero attached hydrogens (tertiary/aromatic N) is 7. The summed E-state index contributed by atoms with van der Waals surface area (Å²) in [6, 6.07) is 3.94. The molecule has 1 aliphatic rings. The molecule has 0 saturated heterocycles. The van der Waals surface area contributed by atoms with E-state index in [0.29, 0.717) is 29.5 Å². The van der Waals surface area contributed by atoms with E-state index >= 15 is 0 Å². The van der Waals surface area contributed by atoms with Crippen molar-refractivity contribution in [3.05, 3.63) is 58.2 Å². The zero-order valence-electron chi connectivity index (χ0n) is 21.0. The normalized spacial score (nSPS) is 14.2. The van der Waals surface area contributed by atoms with E-state index in [1.165, 1.54) is 0 Å². The lowest BCUT2D eigenvalue weighted by Crippen LogP contribution is -2.28. The molecule has 0 radical (unpaired) electrons. The fourth-order valence-corrected chi connectivity index (χ4v) is 4.80. The monoisotopic (exact) mass is 502 g/mol. The van der Waals surface area contributed by atoms with Crippen LogP contribution in [0.5, 0.6) is 0 Å². The van der Waals surface area contributed by atoms with Crippen LogP contribution in [0.2, 0.25) is 0 Å². The third-order valence-electron chi connectivity index (χ3n) is 6.47. The van der Waals surface area contributed by atoms with Crippen LogP contribution < -0.4 is 10.9 Å². The van der Waals surface area contributed by atoms with Gasteiger partial charge in [0.15, 0.2) is 17.1 Å². The third kappa shape index (κ3) is 4.82. The van der Waals surface area contributed by atoms with Crippen LogP contribution in [0, 0.1) is 6.92 Å². The predicted octanol–water partition coefficient (Wildman–Crippen LogP) is 4.92. The highest BCUT2D eigenvalue weighted by atomic mass is 32.2. The van der Waals surface area contributed by atoms with E-state index in [0.717, 1.165) is 52.6 Å². The molecular formula is C26H30N8OS. The molecule has 10 heteroatoms. The number of fused-ring (bicyclic) bond motifs is 1. The topological polar surface area (TPSA) is 111 Å². The Hall–Kier alpha value is -3.40. The number of pyridine rings is 1. The van der Waals surface area contributed by atoms with E-state index in [1.54, 1.807) is 28.9 Å². The van der Waals surface area contributed by atoms with Crippen molar-refractivity contribution in [3.8, 4) is 11.3 Å². The molecule has 0 aliphatic heterocycles. The second-order valence-electron chi connectivity index (χ2n) is 9.08. The lowest BCUT2D eigenvalue weighted by atomic mass is 10.1. The summed E-state index contributed by atoms with van der Waals surface area (Å²) in [7, 11) is 0. The standard InChI is InChI=1S/C26H30N8OS/c1-5-15(3)34-25-23(29-13-19(32-25)21-16(4)30-14-31-22(21)18-8-9-18)33-24(26(34)35)28-12-17-7-10-20(27-11-17)36-6-2/h7,10-11,13-15,18H,5-6,8-9,12H2,1-4H3,(H,28,29,33)/t15-/m0/s1. The van der Waals surface area contributed by atoms with Gasteiger partial charge in [0.2, 0.25) is 0 Å². The highest BCUT2D eigenvalue weighted by Gasteiger charge is 2.30. The molecule has 1 N–H and O–H groups in total. The molecule has 9 nitrogen and oxygen atoms in total. The number of hydrogen-bond donors (Lipinski definition) is 1. The average molecular weight is 503 g/mol. The quantitative estimate of drug-likeness (QED) is 0.319. The summed E-state index contributed by atoms with van der Waals surface area (Å²) in [5.74, 6) is 1.67. The zero-order chi connectivity index (χ0) is 25.2. The molecule has 0 bridgehead atoms. The van der Waals surface area contributed by atoms with Gasteiger partial charge >= 0.3 is 0 Å². The number of aromatic nitrogens is 7.